The van der Waals surface area contributed by atoms with Crippen molar-refractivity contribution in [3.8, 4) is 56.7 Å². The average Bonchev–Trinajstić information content (AvgIpc) is 2.23. The van der Waals surface area contributed by atoms with Gasteiger partial charge in [0.15, 0.2) is 5.82 Å². The molecule has 9 aromatic carbocycles. The van der Waals surface area contributed by atoms with Crippen LogP contribution < -0.4 is 0 Å². The predicted octanol–water partition coefficient (Wildman–Crippen LogP) is 15.1. The first-order chi connectivity index (χ1) is 39.5. The van der Waals surface area contributed by atoms with E-state index in [-0.39, 0.29) is 38.6 Å². The van der Waals surface area contributed by atoms with Crippen LogP contribution in [-0.2, 0) is 0 Å². The van der Waals surface area contributed by atoms with Crippen molar-refractivity contribution < 1.29 is 27.4 Å². The molecule has 5 nitrogen and oxygen atoms in total. The van der Waals surface area contributed by atoms with E-state index in [4.69, 9.17) is 32.8 Å². The highest BCUT2D eigenvalue weighted by molar-refractivity contribution is 7.25. The van der Waals surface area contributed by atoms with Gasteiger partial charge in [-0.1, -0.05) is 176 Å². The normalized spacial score (nSPS) is 16.3. The lowest BCUT2D eigenvalue weighted by molar-refractivity contribution is 0.893. The Morgan fingerprint density at radius 1 is 0.349 bits per heavy atom. The molecular weight excluding hydrogens is 787 g/mol. The van der Waals surface area contributed by atoms with E-state index in [9.17, 15) is 9.60 Å². The van der Waals surface area contributed by atoms with Gasteiger partial charge in [0, 0.05) is 47.3 Å². The van der Waals surface area contributed by atoms with E-state index in [0.717, 1.165) is 36.1 Å². The van der Waals surface area contributed by atoms with Gasteiger partial charge in [0.2, 0.25) is 11.9 Å². The zero-order chi connectivity index (χ0) is 58.8. The molecular formula is C57H35N5S. The van der Waals surface area contributed by atoms with Gasteiger partial charge >= 0.3 is 0 Å². The molecule has 0 unspecified atom stereocenters. The van der Waals surface area contributed by atoms with Gasteiger partial charge in [0.1, 0.15) is 0 Å². The van der Waals surface area contributed by atoms with E-state index in [2.05, 4.69) is 30.3 Å². The summed E-state index contributed by atoms with van der Waals surface area (Å²) in [6.45, 7) is 0. The third kappa shape index (κ3) is 5.80. The molecule has 0 aliphatic rings. The van der Waals surface area contributed by atoms with Crippen molar-refractivity contribution in [3.63, 3.8) is 0 Å². The number of fused-ring (bicyclic) bond motifs is 9. The molecule has 0 aliphatic carbocycles. The first-order valence-electron chi connectivity index (χ1n) is 29.5. The summed E-state index contributed by atoms with van der Waals surface area (Å²) in [5.41, 5.74) is 0.875. The molecule has 0 spiro atoms. The highest BCUT2D eigenvalue weighted by atomic mass is 32.1. The summed E-state index contributed by atoms with van der Waals surface area (Å²) in [6.07, 6.45) is 0. The van der Waals surface area contributed by atoms with Crippen molar-refractivity contribution in [2.24, 2.45) is 0 Å². The van der Waals surface area contributed by atoms with Crippen LogP contribution in [0.1, 0.15) is 27.4 Å². The topological polar surface area (TPSA) is 48.5 Å². The van der Waals surface area contributed by atoms with E-state index in [0.29, 0.717) is 0 Å². The summed E-state index contributed by atoms with van der Waals surface area (Å²) in [4.78, 5) is 14.5. The molecule has 6 heteroatoms. The molecule has 4 aromatic heterocycles. The van der Waals surface area contributed by atoms with Crippen molar-refractivity contribution in [3.05, 3.63) is 212 Å². The molecule has 0 amide bonds. The Hall–Kier alpha value is -8.19. The number of benzene rings is 9. The fraction of sp³-hybridized carbons (Fsp3) is 0. The van der Waals surface area contributed by atoms with Crippen LogP contribution in [0.4, 0.5) is 0 Å². The van der Waals surface area contributed by atoms with E-state index in [1.165, 1.54) is 15.5 Å². The largest absolute Gasteiger partial charge is 0.278 e. The van der Waals surface area contributed by atoms with Crippen molar-refractivity contribution in [2.75, 3.05) is 0 Å². The van der Waals surface area contributed by atoms with Crippen LogP contribution in [0.15, 0.2) is 212 Å². The Labute approximate surface area is 394 Å². The van der Waals surface area contributed by atoms with Gasteiger partial charge in [-0.15, -0.1) is 11.3 Å². The van der Waals surface area contributed by atoms with Gasteiger partial charge in [-0.3, -0.25) is 9.13 Å². The number of rotatable bonds is 6. The SMILES string of the molecule is [2H]c1c([2H])c([2H])c(-c2c([2H])c([2H])c3c4c([2H])c([2H])c([2H])c([2H])c4n(-c4nc(-c5ccc(-c6ccc(-c7ccc8c(c7)sc7ccccc78)cc6)cc5)nc(-n5c6c([2H])c([2H])c([2H])c([2H])c6c6c([2H])c([2H])c([2H])c([2H])c65)n4)c3c2[2H])c([2H])c1[2H]. The van der Waals surface area contributed by atoms with Crippen molar-refractivity contribution >= 4 is 75.1 Å². The Kier molecular flexibility index (Phi) is 4.75. The van der Waals surface area contributed by atoms with E-state index in [1.54, 1.807) is 35.6 Å². The minimum atomic E-state index is -0.821. The number of aromatic nitrogens is 5. The van der Waals surface area contributed by atoms with Crippen LogP contribution in [0, 0.1) is 0 Å². The lowest BCUT2D eigenvalue weighted by Crippen LogP contribution is -2.10. The molecule has 294 valence electrons. The second-order valence-electron chi connectivity index (χ2n) is 14.5. The highest BCUT2D eigenvalue weighted by Crippen LogP contribution is 2.39. The third-order valence-corrected chi connectivity index (χ3v) is 12.2. The summed E-state index contributed by atoms with van der Waals surface area (Å²) in [5.74, 6) is -1.36. The van der Waals surface area contributed by atoms with Gasteiger partial charge in [0.25, 0.3) is 0 Å². The zero-order valence-electron chi connectivity index (χ0n) is 52.3. The van der Waals surface area contributed by atoms with Gasteiger partial charge in [0.05, 0.1) is 49.5 Å². The summed E-state index contributed by atoms with van der Waals surface area (Å²) in [7, 11) is 0. The van der Waals surface area contributed by atoms with Gasteiger partial charge in [-0.2, -0.15) is 15.0 Å². The standard InChI is InChI=1S/C57H35N5S/c1-2-12-36(13-3-1)41-30-32-46-45-16-6-10-20-51(45)62(52(46)34-41)57-59-55(58-56(60-57)61-49-18-8-4-14-43(49)44-15-5-9-19-50(44)61)40-28-26-38(27-29-40)37-22-24-39(25-23-37)42-31-33-48-47-17-7-11-21-53(47)63-54(48)35-42/h1-35H/i1D,2D,3D,4D,5D,6D,8D,9D,10D,12D,13D,14D,15D,16D,18D,19D,20D,30D,32D,34D. The number of hydrogen-bond donors (Lipinski definition) is 0. The zero-order valence-corrected chi connectivity index (χ0v) is 33.1. The smallest absolute Gasteiger partial charge is 0.240 e. The summed E-state index contributed by atoms with van der Waals surface area (Å²) in [5, 5.41) is 0.946. The maximum absolute atomic E-state index is 9.89. The molecule has 13 aromatic rings. The first kappa shape index (κ1) is 21.1. The van der Waals surface area contributed by atoms with Crippen LogP contribution in [0.3, 0.4) is 0 Å². The van der Waals surface area contributed by atoms with Crippen molar-refractivity contribution in [2.45, 2.75) is 0 Å². The highest BCUT2D eigenvalue weighted by Gasteiger charge is 2.21. The van der Waals surface area contributed by atoms with Crippen LogP contribution in [0.25, 0.3) is 120 Å². The molecule has 0 saturated heterocycles. The maximum atomic E-state index is 9.89. The fourth-order valence-corrected chi connectivity index (χ4v) is 9.23. The predicted molar refractivity (Wildman–Crippen MR) is 263 cm³/mol. The van der Waals surface area contributed by atoms with Crippen LogP contribution >= 0.6 is 11.3 Å². The quantitative estimate of drug-likeness (QED) is 0.168. The van der Waals surface area contributed by atoms with E-state index in [1.807, 2.05) is 36.4 Å². The average molecular weight is 842 g/mol. The van der Waals surface area contributed by atoms with Gasteiger partial charge in [-0.05, 0) is 69.7 Å². The Balaban J connectivity index is 1.10. The molecule has 0 bridgehead atoms. The first-order valence-corrected chi connectivity index (χ1v) is 20.4. The molecule has 0 saturated carbocycles. The van der Waals surface area contributed by atoms with Crippen LogP contribution in [0.2, 0.25) is 0 Å². The number of nitrogens with zero attached hydrogens (tertiary/aromatic N) is 5. The minimum Gasteiger partial charge on any atom is -0.278 e. The minimum absolute atomic E-state index is 0.225. The number of thiophene rings is 1. The lowest BCUT2D eigenvalue weighted by Gasteiger charge is -2.13. The second-order valence-corrected chi connectivity index (χ2v) is 15.6. The lowest BCUT2D eigenvalue weighted by atomic mass is 9.99. The number of hydrogen-bond acceptors (Lipinski definition) is 4. The summed E-state index contributed by atoms with van der Waals surface area (Å²) < 4.78 is 184. The van der Waals surface area contributed by atoms with E-state index >= 15 is 0 Å². The molecule has 0 atom stereocenters. The number of para-hydroxylation sites is 3. The maximum Gasteiger partial charge on any atom is 0.240 e. The Bertz CT molecular complexity index is 4990. The van der Waals surface area contributed by atoms with E-state index < -0.39 is 160 Å². The van der Waals surface area contributed by atoms with Gasteiger partial charge in [-0.25, -0.2) is 0 Å². The second kappa shape index (κ2) is 14.2. The Morgan fingerprint density at radius 2 is 0.841 bits per heavy atom. The summed E-state index contributed by atoms with van der Waals surface area (Å²) >= 11 is 1.72. The molecule has 63 heavy (non-hydrogen) atoms. The van der Waals surface area contributed by atoms with Crippen LogP contribution in [-0.4, -0.2) is 24.1 Å². The molecule has 0 aliphatic heterocycles. The molecule has 0 N–H and O–H groups in total. The summed E-state index contributed by atoms with van der Waals surface area (Å²) in [6, 6.07) is 14.4. The molecule has 13 rings (SSSR count). The van der Waals surface area contributed by atoms with Gasteiger partial charge < -0.3 is 0 Å². The third-order valence-electron chi connectivity index (χ3n) is 11.0. The molecule has 4 heterocycles. The van der Waals surface area contributed by atoms with Crippen LogP contribution in [0.5, 0.6) is 0 Å². The van der Waals surface area contributed by atoms with Crippen molar-refractivity contribution in [1.29, 1.82) is 0 Å². The van der Waals surface area contributed by atoms with Crippen molar-refractivity contribution in [1.82, 2.24) is 24.1 Å². The molecule has 0 radical (unpaired) electrons. The monoisotopic (exact) mass is 841 g/mol. The molecule has 0 fully saturated rings. The Morgan fingerprint density at radius 3 is 1.48 bits per heavy atom. The fourth-order valence-electron chi connectivity index (χ4n) is 8.09.